The first-order valence-corrected chi connectivity index (χ1v) is 14.7. The molecule has 0 spiro atoms. The minimum Gasteiger partial charge on any atom is -0.475 e. The van der Waals surface area contributed by atoms with Crippen LogP contribution in [0.3, 0.4) is 0 Å². The van der Waals surface area contributed by atoms with Crippen LogP contribution in [0.2, 0.25) is 0 Å². The Labute approximate surface area is 247 Å². The molecule has 1 amide bonds. The molecule has 3 aromatic rings. The summed E-state index contributed by atoms with van der Waals surface area (Å²) in [4.78, 5) is 24.3. The van der Waals surface area contributed by atoms with Gasteiger partial charge in [0.05, 0.1) is 23.4 Å². The number of benzene rings is 2. The number of halogens is 7. The van der Waals surface area contributed by atoms with Crippen LogP contribution in [0.25, 0.3) is 22.0 Å². The van der Waals surface area contributed by atoms with Crippen molar-refractivity contribution in [3.8, 4) is 11.1 Å². The van der Waals surface area contributed by atoms with Crippen LogP contribution in [0.15, 0.2) is 36.5 Å². The normalized spacial score (nSPS) is 15.2. The van der Waals surface area contributed by atoms with Crippen LogP contribution in [0.5, 0.6) is 0 Å². The minimum atomic E-state index is -5.08. The van der Waals surface area contributed by atoms with Crippen LogP contribution in [-0.2, 0) is 21.4 Å². The maximum Gasteiger partial charge on any atom is 0.490 e. The van der Waals surface area contributed by atoms with E-state index in [1.807, 2.05) is 0 Å². The number of carbonyl (C=O) groups excluding carboxylic acids is 1. The molecule has 0 radical (unpaired) electrons. The molecule has 1 saturated heterocycles. The Morgan fingerprint density at radius 1 is 1.09 bits per heavy atom. The lowest BCUT2D eigenvalue weighted by molar-refractivity contribution is -0.192. The van der Waals surface area contributed by atoms with Crippen molar-refractivity contribution in [1.82, 2.24) is 14.6 Å². The highest BCUT2D eigenvalue weighted by molar-refractivity contribution is 7.89. The summed E-state index contributed by atoms with van der Waals surface area (Å²) in [5.41, 5.74) is 8.09. The zero-order chi connectivity index (χ0) is 33.0. The summed E-state index contributed by atoms with van der Waals surface area (Å²) in [6.45, 7) is 1.05. The highest BCUT2D eigenvalue weighted by Gasteiger charge is 2.38. The third kappa shape index (κ3) is 8.69. The second-order valence-electron chi connectivity index (χ2n) is 9.96. The van der Waals surface area contributed by atoms with E-state index < -0.39 is 46.6 Å². The first kappa shape index (κ1) is 34.8. The smallest absolute Gasteiger partial charge is 0.475 e. The van der Waals surface area contributed by atoms with E-state index in [0.29, 0.717) is 48.0 Å². The van der Waals surface area contributed by atoms with Crippen molar-refractivity contribution in [2.75, 3.05) is 25.4 Å². The predicted octanol–water partition coefficient (Wildman–Crippen LogP) is 4.89. The quantitative estimate of drug-likeness (QED) is 0.255. The molecule has 0 saturated carbocycles. The summed E-state index contributed by atoms with van der Waals surface area (Å²) in [5.74, 6) is -4.02. The van der Waals surface area contributed by atoms with Crippen molar-refractivity contribution in [2.45, 2.75) is 44.6 Å². The summed E-state index contributed by atoms with van der Waals surface area (Å²) < 4.78 is 110. The topological polar surface area (TPSA) is 146 Å². The fourth-order valence-electron chi connectivity index (χ4n) is 4.82. The number of primary amides is 1. The predicted molar refractivity (Wildman–Crippen MR) is 147 cm³/mol. The van der Waals surface area contributed by atoms with Crippen molar-refractivity contribution in [1.29, 1.82) is 0 Å². The Balaban J connectivity index is 0.000000676. The van der Waals surface area contributed by atoms with Gasteiger partial charge in [-0.25, -0.2) is 21.9 Å². The van der Waals surface area contributed by atoms with Gasteiger partial charge in [0.25, 0.3) is 5.91 Å². The molecule has 0 aliphatic carbocycles. The second-order valence-corrected chi connectivity index (χ2v) is 12.2. The number of piperidine rings is 1. The van der Waals surface area contributed by atoms with Gasteiger partial charge in [0.1, 0.15) is 5.82 Å². The van der Waals surface area contributed by atoms with Gasteiger partial charge in [-0.15, -0.1) is 0 Å². The summed E-state index contributed by atoms with van der Waals surface area (Å²) in [5, 5.41) is 10.1. The Morgan fingerprint density at radius 3 is 2.23 bits per heavy atom. The van der Waals surface area contributed by atoms with E-state index in [1.165, 1.54) is 28.6 Å². The van der Waals surface area contributed by atoms with Gasteiger partial charge in [0, 0.05) is 36.8 Å². The number of hydrogen-bond donors (Lipinski definition) is 4. The van der Waals surface area contributed by atoms with Crippen molar-refractivity contribution in [3.63, 3.8) is 0 Å². The maximum atomic E-state index is 14.9. The Kier molecular flexibility index (Phi) is 10.7. The summed E-state index contributed by atoms with van der Waals surface area (Å²) in [7, 11) is -3.29. The van der Waals surface area contributed by atoms with E-state index in [-0.39, 0.29) is 29.3 Å². The number of hydrogen-bond acceptors (Lipinski definition) is 5. The lowest BCUT2D eigenvalue weighted by atomic mass is 9.88. The number of fused-ring (bicyclic) bond motifs is 1. The SMILES string of the molecule is CCS(=O)(=O)N1CCC(c2c[nH]c3c(C(N)=O)cc(-c4cc(CNCC(F)(F)F)ccc4F)cc23)CC1.O=C(O)C(F)(F)F. The van der Waals surface area contributed by atoms with E-state index >= 15 is 0 Å². The number of aliphatic carboxylic acids is 1. The van der Waals surface area contributed by atoms with Gasteiger partial charge in [-0.1, -0.05) is 6.07 Å². The summed E-state index contributed by atoms with van der Waals surface area (Å²) in [6, 6.07) is 7.22. The number of H-pyrrole nitrogens is 1. The number of alkyl halides is 6. The van der Waals surface area contributed by atoms with Crippen LogP contribution in [0, 0.1) is 5.82 Å². The zero-order valence-corrected chi connectivity index (χ0v) is 24.0. The molecular weight excluding hydrogens is 625 g/mol. The third-order valence-electron chi connectivity index (χ3n) is 6.98. The molecule has 1 fully saturated rings. The van der Waals surface area contributed by atoms with Crippen molar-refractivity contribution >= 4 is 32.8 Å². The van der Waals surface area contributed by atoms with Crippen LogP contribution in [0.4, 0.5) is 30.7 Å². The average molecular weight is 655 g/mol. The molecule has 242 valence electrons. The Hall–Kier alpha value is -3.70. The summed E-state index contributed by atoms with van der Waals surface area (Å²) in [6.07, 6.45) is -6.52. The molecule has 0 atom stereocenters. The van der Waals surface area contributed by atoms with E-state index in [0.717, 1.165) is 5.56 Å². The van der Waals surface area contributed by atoms with Crippen LogP contribution in [0.1, 0.15) is 47.2 Å². The lowest BCUT2D eigenvalue weighted by Gasteiger charge is -2.31. The summed E-state index contributed by atoms with van der Waals surface area (Å²) >= 11 is 0. The van der Waals surface area contributed by atoms with Gasteiger partial charge in [0.15, 0.2) is 0 Å². The number of amides is 1. The van der Waals surface area contributed by atoms with Crippen LogP contribution < -0.4 is 11.1 Å². The monoisotopic (exact) mass is 654 g/mol. The van der Waals surface area contributed by atoms with Gasteiger partial charge < -0.3 is 21.1 Å². The number of carboxylic acid groups (broad SMARTS) is 1. The lowest BCUT2D eigenvalue weighted by Crippen LogP contribution is -2.38. The molecule has 44 heavy (non-hydrogen) atoms. The average Bonchev–Trinajstić information content (AvgIpc) is 3.36. The fourth-order valence-corrected chi connectivity index (χ4v) is 5.95. The van der Waals surface area contributed by atoms with Crippen molar-refractivity contribution < 1.29 is 53.8 Å². The van der Waals surface area contributed by atoms with Gasteiger partial charge in [-0.3, -0.25) is 4.79 Å². The highest BCUT2D eigenvalue weighted by Crippen LogP contribution is 2.38. The molecule has 9 nitrogen and oxygen atoms in total. The van der Waals surface area contributed by atoms with Crippen LogP contribution in [-0.4, -0.2) is 72.4 Å². The number of rotatable bonds is 8. The number of aromatic amines is 1. The first-order valence-electron chi connectivity index (χ1n) is 13.1. The molecular formula is C27H29F7N4O5S. The standard InChI is InChI=1S/C25H28F4N4O3S.C2HF3O2/c1-2-37(35,36)33-7-5-16(6-8-33)21-13-32-23-19(21)10-17(11-20(23)24(30)34)18-9-15(3-4-22(18)26)12-31-14-25(27,28)29;3-2(4,5)1(6)7/h3-4,9-11,13,16,31-32H,2,5-8,12,14H2,1H3,(H2,30,34);(H,6,7). The second kappa shape index (κ2) is 13.5. The van der Waals surface area contributed by atoms with Gasteiger partial charge in [-0.2, -0.15) is 26.3 Å². The third-order valence-corrected chi connectivity index (χ3v) is 8.86. The van der Waals surface area contributed by atoms with E-state index in [2.05, 4.69) is 10.3 Å². The van der Waals surface area contributed by atoms with Gasteiger partial charge in [-0.05, 0) is 66.6 Å². The first-order chi connectivity index (χ1) is 20.3. The van der Waals surface area contributed by atoms with Crippen molar-refractivity contribution in [3.05, 3.63) is 59.0 Å². The number of carboxylic acids is 1. The molecule has 1 aromatic heterocycles. The van der Waals surface area contributed by atoms with E-state index in [9.17, 15) is 43.9 Å². The fraction of sp³-hybridized carbons (Fsp3) is 0.407. The van der Waals surface area contributed by atoms with Crippen LogP contribution >= 0.6 is 0 Å². The Morgan fingerprint density at radius 2 is 1.70 bits per heavy atom. The number of aromatic nitrogens is 1. The van der Waals surface area contributed by atoms with E-state index in [4.69, 9.17) is 15.6 Å². The number of sulfonamides is 1. The number of nitrogens with two attached hydrogens (primary N) is 1. The molecule has 2 aromatic carbocycles. The maximum absolute atomic E-state index is 14.9. The van der Waals surface area contributed by atoms with Gasteiger partial charge in [0.2, 0.25) is 10.0 Å². The molecule has 0 unspecified atom stereocenters. The molecule has 1 aliphatic heterocycles. The van der Waals surface area contributed by atoms with Gasteiger partial charge >= 0.3 is 18.3 Å². The molecule has 17 heteroatoms. The highest BCUT2D eigenvalue weighted by atomic mass is 32.2. The number of carbonyl (C=O) groups is 2. The largest absolute Gasteiger partial charge is 0.490 e. The molecule has 0 bridgehead atoms. The Bertz CT molecular complexity index is 1610. The number of nitrogens with one attached hydrogen (secondary N) is 2. The van der Waals surface area contributed by atoms with E-state index in [1.54, 1.807) is 19.2 Å². The molecule has 2 heterocycles. The molecule has 5 N–H and O–H groups in total. The number of nitrogens with zero attached hydrogens (tertiary/aromatic N) is 1. The minimum absolute atomic E-state index is 0.00998. The molecule has 4 rings (SSSR count). The molecule has 1 aliphatic rings. The van der Waals surface area contributed by atoms with Crippen molar-refractivity contribution in [2.24, 2.45) is 5.73 Å². The zero-order valence-electron chi connectivity index (χ0n) is 23.1.